The van der Waals surface area contributed by atoms with E-state index in [4.69, 9.17) is 21.9 Å². The van der Waals surface area contributed by atoms with E-state index in [1.807, 2.05) is 54.4 Å². The zero-order valence-corrected chi connectivity index (χ0v) is 35.4. The summed E-state index contributed by atoms with van der Waals surface area (Å²) in [5, 5.41) is 16.4. The smallest absolute Gasteiger partial charge is 0.253 e. The van der Waals surface area contributed by atoms with Crippen molar-refractivity contribution in [2.45, 2.75) is 71.0 Å². The molecule has 3 amide bonds. The van der Waals surface area contributed by atoms with Crippen LogP contribution in [0, 0.1) is 12.8 Å². The number of piperazine rings is 1. The Hall–Kier alpha value is -6.06. The van der Waals surface area contributed by atoms with Crippen molar-refractivity contribution in [2.75, 3.05) is 57.7 Å². The first-order valence-electron chi connectivity index (χ1n) is 21.5. The predicted molar refractivity (Wildman–Crippen MR) is 239 cm³/mol. The molecule has 15 nitrogen and oxygen atoms in total. The number of rotatable bonds is 13. The molecule has 7 rings (SSSR count). The van der Waals surface area contributed by atoms with Crippen LogP contribution in [0.5, 0.6) is 5.75 Å². The Morgan fingerprint density at radius 3 is 2.41 bits per heavy atom. The summed E-state index contributed by atoms with van der Waals surface area (Å²) >= 11 is 0. The Kier molecular flexibility index (Phi) is 15.6. The summed E-state index contributed by atoms with van der Waals surface area (Å²) in [5.74, 6) is 1.00. The van der Waals surface area contributed by atoms with Crippen molar-refractivity contribution in [2.24, 2.45) is 23.1 Å². The van der Waals surface area contributed by atoms with Gasteiger partial charge in [0.05, 0.1) is 23.7 Å². The lowest BCUT2D eigenvalue weighted by Gasteiger charge is -2.40. The zero-order valence-electron chi connectivity index (χ0n) is 35.4. The van der Waals surface area contributed by atoms with Crippen LogP contribution in [0.2, 0.25) is 0 Å². The summed E-state index contributed by atoms with van der Waals surface area (Å²) in [6.07, 6.45) is 13.4. The lowest BCUT2D eigenvalue weighted by atomic mass is 9.89. The van der Waals surface area contributed by atoms with Gasteiger partial charge in [-0.1, -0.05) is 50.5 Å². The molecule has 4 aromatic rings. The number of H-pyrrole nitrogens is 1. The van der Waals surface area contributed by atoms with E-state index in [2.05, 4.69) is 37.3 Å². The van der Waals surface area contributed by atoms with Crippen LogP contribution in [-0.2, 0) is 14.3 Å². The van der Waals surface area contributed by atoms with Crippen LogP contribution in [-0.4, -0.2) is 106 Å². The van der Waals surface area contributed by atoms with Gasteiger partial charge in [-0.2, -0.15) is 0 Å². The highest BCUT2D eigenvalue weighted by atomic mass is 16.5. The number of aromatic hydroxyl groups is 1. The number of benzene rings is 2. The maximum Gasteiger partial charge on any atom is 0.253 e. The number of allylic oxidation sites excluding steroid dienone is 1. The number of nitrogens with zero attached hydrogens (tertiary/aromatic N) is 4. The molecular formula is C46H62N10O5. The number of carbonyl (C=O) groups is 3. The summed E-state index contributed by atoms with van der Waals surface area (Å²) in [7, 11) is 0. The molecule has 2 saturated heterocycles. The molecule has 10 N–H and O–H groups in total. The molecule has 2 aromatic heterocycles. The number of fused-ring (bicyclic) bond motifs is 1. The Bertz CT molecular complexity index is 2150. The van der Waals surface area contributed by atoms with E-state index in [0.717, 1.165) is 60.7 Å². The first-order chi connectivity index (χ1) is 29.5. The van der Waals surface area contributed by atoms with Crippen molar-refractivity contribution in [3.8, 4) is 5.75 Å². The molecule has 2 unspecified atom stereocenters. The van der Waals surface area contributed by atoms with Gasteiger partial charge in [-0.15, -0.1) is 0 Å². The Morgan fingerprint density at radius 2 is 1.72 bits per heavy atom. The summed E-state index contributed by atoms with van der Waals surface area (Å²) < 4.78 is 6.44. The van der Waals surface area contributed by atoms with E-state index in [1.54, 1.807) is 30.5 Å². The molecule has 15 heteroatoms. The molecular weight excluding hydrogens is 773 g/mol. The van der Waals surface area contributed by atoms with Gasteiger partial charge in [0, 0.05) is 87.2 Å². The highest BCUT2D eigenvalue weighted by Crippen LogP contribution is 2.31. The number of phenols is 1. The average molecular weight is 835 g/mol. The van der Waals surface area contributed by atoms with Crippen molar-refractivity contribution >= 4 is 40.6 Å². The first-order valence-corrected chi connectivity index (χ1v) is 21.5. The molecule has 0 bridgehead atoms. The molecule has 0 radical (unpaired) electrons. The second-order valence-electron chi connectivity index (χ2n) is 16.2. The van der Waals surface area contributed by atoms with Crippen LogP contribution in [0.1, 0.15) is 85.0 Å². The van der Waals surface area contributed by atoms with Gasteiger partial charge in [0.15, 0.2) is 0 Å². The normalized spacial score (nSPS) is 18.8. The number of nitrogens with two attached hydrogens (primary N) is 3. The molecule has 4 heterocycles. The number of amides is 3. The Labute approximate surface area is 358 Å². The lowest BCUT2D eigenvalue weighted by Crippen LogP contribution is -2.49. The van der Waals surface area contributed by atoms with Gasteiger partial charge in [-0.05, 0) is 79.6 Å². The van der Waals surface area contributed by atoms with Gasteiger partial charge in [0.2, 0.25) is 12.3 Å². The van der Waals surface area contributed by atoms with E-state index >= 15 is 0 Å². The van der Waals surface area contributed by atoms with Crippen LogP contribution in [0.15, 0.2) is 84.6 Å². The topological polar surface area (TPSA) is 221 Å². The minimum atomic E-state index is -0.236. The van der Waals surface area contributed by atoms with Crippen molar-refractivity contribution in [3.63, 3.8) is 0 Å². The highest BCUT2D eigenvalue weighted by Gasteiger charge is 2.31. The van der Waals surface area contributed by atoms with E-state index in [-0.39, 0.29) is 42.0 Å². The summed E-state index contributed by atoms with van der Waals surface area (Å²) in [6.45, 7) is 10.1. The number of hydrogen-bond donors (Lipinski definition) is 7. The zero-order chi connectivity index (χ0) is 43.3. The number of carbonyl (C=O) groups excluding carboxylic acids is 3. The number of aromatic amines is 1. The number of aryl methyl sites for hydroxylation is 1. The molecule has 2 aromatic carbocycles. The molecule has 3 fully saturated rings. The fourth-order valence-corrected chi connectivity index (χ4v) is 8.31. The number of nitrogens with one attached hydrogen (secondary N) is 3. The van der Waals surface area contributed by atoms with Crippen molar-refractivity contribution in [3.05, 3.63) is 107 Å². The Balaban J connectivity index is 0.000000288. The van der Waals surface area contributed by atoms with Crippen molar-refractivity contribution in [1.82, 2.24) is 30.0 Å². The van der Waals surface area contributed by atoms with Gasteiger partial charge in [-0.3, -0.25) is 19.3 Å². The minimum Gasteiger partial charge on any atom is -0.507 e. The lowest BCUT2D eigenvalue weighted by molar-refractivity contribution is -0.116. The monoisotopic (exact) mass is 834 g/mol. The molecule has 2 aliphatic heterocycles. The SMILES string of the molecule is CCC1CN(C(/C=C(\N)c2ccccc2O)=C(N)N)CC(c2ccc(C(=O)N3CCN(CC4CCCCC4)CC3)cc2)O1.Cc1c[nH]c2ncc(NC(=O)CCNC=O)cc12. The van der Waals surface area contributed by atoms with Crippen LogP contribution in [0.4, 0.5) is 5.69 Å². The number of ether oxygens (including phenoxy) is 1. The second kappa shape index (κ2) is 21.5. The van der Waals surface area contributed by atoms with Crippen LogP contribution >= 0.6 is 0 Å². The van der Waals surface area contributed by atoms with E-state index < -0.39 is 0 Å². The summed E-state index contributed by atoms with van der Waals surface area (Å²) in [5.41, 5.74) is 24.4. The number of morpholine rings is 1. The molecule has 1 aliphatic carbocycles. The number of phenolic OH excluding ortho intramolecular Hbond substituents is 1. The van der Waals surface area contributed by atoms with E-state index in [0.29, 0.717) is 54.3 Å². The number of hydrogen-bond acceptors (Lipinski definition) is 11. The van der Waals surface area contributed by atoms with Crippen LogP contribution in [0.25, 0.3) is 16.7 Å². The summed E-state index contributed by atoms with van der Waals surface area (Å²) in [6, 6.07) is 16.6. The third-order valence-corrected chi connectivity index (χ3v) is 11.8. The maximum atomic E-state index is 13.3. The summed E-state index contributed by atoms with van der Waals surface area (Å²) in [4.78, 5) is 48.8. The van der Waals surface area contributed by atoms with E-state index in [1.165, 1.54) is 38.6 Å². The predicted octanol–water partition coefficient (Wildman–Crippen LogP) is 4.91. The van der Waals surface area contributed by atoms with Crippen molar-refractivity contribution in [1.29, 1.82) is 0 Å². The van der Waals surface area contributed by atoms with Crippen LogP contribution < -0.4 is 27.8 Å². The fourth-order valence-electron chi connectivity index (χ4n) is 8.31. The van der Waals surface area contributed by atoms with Crippen LogP contribution in [0.3, 0.4) is 0 Å². The van der Waals surface area contributed by atoms with Gasteiger partial charge in [0.25, 0.3) is 5.91 Å². The molecule has 1 saturated carbocycles. The van der Waals surface area contributed by atoms with Gasteiger partial charge in [0.1, 0.15) is 23.3 Å². The second-order valence-corrected chi connectivity index (χ2v) is 16.2. The third kappa shape index (κ3) is 12.0. The van der Waals surface area contributed by atoms with E-state index in [9.17, 15) is 19.5 Å². The number of pyridine rings is 1. The molecule has 326 valence electrons. The molecule has 0 spiro atoms. The van der Waals surface area contributed by atoms with Crippen molar-refractivity contribution < 1.29 is 24.2 Å². The third-order valence-electron chi connectivity index (χ3n) is 11.8. The molecule has 3 aliphatic rings. The standard InChI is InChI=1S/C34H48N6O3.C12H14N4O2/c1-2-27-22-40(30(33(36)37)20-29(35)28-10-6-7-11-31(28)41)23-32(43-27)25-12-14-26(15-13-25)34(42)39-18-16-38(17-19-39)21-24-8-4-3-5-9-24;1-8-5-14-12-10(8)4-9(6-15-12)16-11(18)2-3-13-7-17/h6-7,10-15,20,24,27,32,41H,2-5,8-9,16-19,21-23,35-37H2,1H3;4-7H,2-3H2,1H3,(H,13,17)(H,14,15)(H,16,18)/b29-20-;. The quantitative estimate of drug-likeness (QED) is 0.0545. The molecule has 61 heavy (non-hydrogen) atoms. The Morgan fingerprint density at radius 1 is 0.984 bits per heavy atom. The maximum absolute atomic E-state index is 13.3. The average Bonchev–Trinajstić information content (AvgIpc) is 3.65. The largest absolute Gasteiger partial charge is 0.507 e. The van der Waals surface area contributed by atoms with Gasteiger partial charge >= 0.3 is 0 Å². The molecule has 2 atom stereocenters. The fraction of sp³-hybridized carbons (Fsp3) is 0.435. The first kappa shape index (κ1) is 44.5. The number of aromatic nitrogens is 2. The van der Waals surface area contributed by atoms with Gasteiger partial charge in [-0.25, -0.2) is 4.98 Å². The number of para-hydroxylation sites is 1. The number of anilines is 1. The highest BCUT2D eigenvalue weighted by molar-refractivity contribution is 5.94. The van der Waals surface area contributed by atoms with Gasteiger partial charge < -0.3 is 52.5 Å². The minimum absolute atomic E-state index is 0.0425.